The minimum atomic E-state index is -4.73. The standard InChI is InChI=1S/C21H31F3N2O2.2ClH/c1-19(2,26-13-11-25(3)12-14-26)18(20(27)9-4-5-10-20)16-7-6-8-17(15-16)28-21(22,23)24;;/h6-8,15,18,27H,4-5,9-14H2,1-3H3;2*1H. The third-order valence-electron chi connectivity index (χ3n) is 6.46. The Labute approximate surface area is 189 Å². The largest absolute Gasteiger partial charge is 0.573 e. The Morgan fingerprint density at radius 3 is 2.13 bits per heavy atom. The summed E-state index contributed by atoms with van der Waals surface area (Å²) < 4.78 is 42.3. The van der Waals surface area contributed by atoms with Crippen molar-refractivity contribution in [2.24, 2.45) is 0 Å². The molecule has 30 heavy (non-hydrogen) atoms. The van der Waals surface area contributed by atoms with Gasteiger partial charge in [0.15, 0.2) is 0 Å². The van der Waals surface area contributed by atoms with E-state index in [4.69, 9.17) is 0 Å². The predicted molar refractivity (Wildman–Crippen MR) is 117 cm³/mol. The van der Waals surface area contributed by atoms with E-state index in [1.165, 1.54) is 12.1 Å². The van der Waals surface area contributed by atoms with Crippen molar-refractivity contribution in [3.63, 3.8) is 0 Å². The molecule has 1 saturated carbocycles. The van der Waals surface area contributed by atoms with E-state index >= 15 is 0 Å². The van der Waals surface area contributed by atoms with Crippen LogP contribution in [0.3, 0.4) is 0 Å². The molecule has 9 heteroatoms. The fourth-order valence-electron chi connectivity index (χ4n) is 5.11. The third kappa shape index (κ3) is 6.16. The lowest BCUT2D eigenvalue weighted by molar-refractivity contribution is -0.274. The molecule has 1 aliphatic heterocycles. The first-order valence-corrected chi connectivity index (χ1v) is 10.0. The topological polar surface area (TPSA) is 35.9 Å². The van der Waals surface area contributed by atoms with Gasteiger partial charge in [-0.05, 0) is 51.4 Å². The molecule has 0 amide bonds. The van der Waals surface area contributed by atoms with Crippen LogP contribution in [-0.2, 0) is 0 Å². The van der Waals surface area contributed by atoms with Gasteiger partial charge < -0.3 is 14.7 Å². The zero-order chi connectivity index (χ0) is 20.6. The van der Waals surface area contributed by atoms with Crippen LogP contribution >= 0.6 is 24.8 Å². The van der Waals surface area contributed by atoms with Crippen molar-refractivity contribution >= 4 is 24.8 Å². The van der Waals surface area contributed by atoms with E-state index in [1.54, 1.807) is 6.07 Å². The lowest BCUT2D eigenvalue weighted by Crippen LogP contribution is -2.60. The maximum Gasteiger partial charge on any atom is 0.573 e. The molecule has 1 unspecified atom stereocenters. The number of halogens is 5. The first-order valence-electron chi connectivity index (χ1n) is 10.0. The Balaban J connectivity index is 0.00000225. The minimum absolute atomic E-state index is 0. The Hall–Kier alpha value is -0.730. The number of alkyl halides is 3. The number of benzene rings is 1. The fraction of sp³-hybridized carbons (Fsp3) is 0.714. The van der Waals surface area contributed by atoms with Crippen LogP contribution in [0.25, 0.3) is 0 Å². The number of likely N-dealkylation sites (N-methyl/N-ethyl adjacent to an activating group) is 1. The monoisotopic (exact) mass is 472 g/mol. The summed E-state index contributed by atoms with van der Waals surface area (Å²) in [5, 5.41) is 11.5. The summed E-state index contributed by atoms with van der Waals surface area (Å²) in [6.07, 6.45) is -1.53. The number of hydrogen-bond donors (Lipinski definition) is 1. The van der Waals surface area contributed by atoms with Crippen molar-refractivity contribution in [1.29, 1.82) is 0 Å². The Bertz CT molecular complexity index is 674. The number of hydrogen-bond acceptors (Lipinski definition) is 4. The molecule has 1 N–H and O–H groups in total. The summed E-state index contributed by atoms with van der Waals surface area (Å²) in [7, 11) is 2.09. The summed E-state index contributed by atoms with van der Waals surface area (Å²) in [5.41, 5.74) is -0.629. The summed E-state index contributed by atoms with van der Waals surface area (Å²) >= 11 is 0. The normalized spacial score (nSPS) is 21.4. The van der Waals surface area contributed by atoms with Gasteiger partial charge in [-0.3, -0.25) is 4.90 Å². The van der Waals surface area contributed by atoms with Gasteiger partial charge in [0.2, 0.25) is 0 Å². The second-order valence-electron chi connectivity index (χ2n) is 8.81. The molecule has 1 aliphatic carbocycles. The summed E-state index contributed by atoms with van der Waals surface area (Å²) in [5.74, 6) is -0.534. The highest BCUT2D eigenvalue weighted by atomic mass is 35.5. The maximum atomic E-state index is 12.7. The summed E-state index contributed by atoms with van der Waals surface area (Å²) in [6, 6.07) is 6.17. The smallest absolute Gasteiger partial charge is 0.406 e. The van der Waals surface area contributed by atoms with E-state index < -0.39 is 17.5 Å². The van der Waals surface area contributed by atoms with Gasteiger partial charge in [-0.2, -0.15) is 0 Å². The van der Waals surface area contributed by atoms with Crippen LogP contribution in [0.1, 0.15) is 51.0 Å². The van der Waals surface area contributed by atoms with E-state index in [2.05, 4.69) is 35.4 Å². The van der Waals surface area contributed by atoms with E-state index in [-0.39, 0.29) is 36.5 Å². The molecule has 1 aromatic rings. The zero-order valence-corrected chi connectivity index (χ0v) is 19.4. The molecule has 1 aromatic carbocycles. The summed E-state index contributed by atoms with van der Waals surface area (Å²) in [4.78, 5) is 4.63. The van der Waals surface area contributed by atoms with Gasteiger partial charge in [0, 0.05) is 37.6 Å². The molecule has 2 aliphatic rings. The number of nitrogens with zero attached hydrogens (tertiary/aromatic N) is 2. The van der Waals surface area contributed by atoms with Gasteiger partial charge in [-0.15, -0.1) is 38.0 Å². The quantitative estimate of drug-likeness (QED) is 0.664. The number of aliphatic hydroxyl groups is 1. The van der Waals surface area contributed by atoms with E-state index in [9.17, 15) is 18.3 Å². The SMILES string of the molecule is CN1CCN(C(C)(C)C(c2cccc(OC(F)(F)F)c2)C2(O)CCCC2)CC1.Cl.Cl. The van der Waals surface area contributed by atoms with Crippen molar-refractivity contribution < 1.29 is 23.0 Å². The highest BCUT2D eigenvalue weighted by molar-refractivity contribution is 5.85. The number of piperazine rings is 1. The van der Waals surface area contributed by atoms with Gasteiger partial charge in [0.25, 0.3) is 0 Å². The Kier molecular flexibility index (Phi) is 9.34. The van der Waals surface area contributed by atoms with E-state index in [0.717, 1.165) is 39.0 Å². The molecule has 4 nitrogen and oxygen atoms in total. The maximum absolute atomic E-state index is 12.7. The molecule has 3 rings (SSSR count). The van der Waals surface area contributed by atoms with Gasteiger partial charge in [0.1, 0.15) is 5.75 Å². The van der Waals surface area contributed by atoms with Crippen LogP contribution in [0, 0.1) is 0 Å². The molecule has 0 bridgehead atoms. The zero-order valence-electron chi connectivity index (χ0n) is 17.7. The average Bonchev–Trinajstić information content (AvgIpc) is 3.01. The molecule has 1 atom stereocenters. The van der Waals surface area contributed by atoms with Gasteiger partial charge in [0.05, 0.1) is 5.60 Å². The molecular weight excluding hydrogens is 440 g/mol. The van der Waals surface area contributed by atoms with Crippen LogP contribution in [0.15, 0.2) is 24.3 Å². The molecule has 0 radical (unpaired) electrons. The average molecular weight is 473 g/mol. The molecule has 174 valence electrons. The van der Waals surface area contributed by atoms with Gasteiger partial charge in [-0.1, -0.05) is 25.0 Å². The van der Waals surface area contributed by atoms with Crippen LogP contribution in [0.4, 0.5) is 13.2 Å². The second kappa shape index (κ2) is 10.3. The molecular formula is C21H33Cl2F3N2O2. The minimum Gasteiger partial charge on any atom is -0.406 e. The van der Waals surface area contributed by atoms with Gasteiger partial charge >= 0.3 is 6.36 Å². The molecule has 0 spiro atoms. The van der Waals surface area contributed by atoms with Crippen molar-refractivity contribution in [2.45, 2.75) is 63.0 Å². The number of rotatable bonds is 5. The van der Waals surface area contributed by atoms with E-state index in [0.29, 0.717) is 18.4 Å². The van der Waals surface area contributed by atoms with Gasteiger partial charge in [-0.25, -0.2) is 0 Å². The van der Waals surface area contributed by atoms with Crippen LogP contribution in [-0.4, -0.2) is 65.6 Å². The molecule has 1 heterocycles. The lowest BCUT2D eigenvalue weighted by atomic mass is 9.69. The van der Waals surface area contributed by atoms with Crippen LogP contribution in [0.5, 0.6) is 5.75 Å². The van der Waals surface area contributed by atoms with E-state index in [1.807, 2.05) is 6.07 Å². The van der Waals surface area contributed by atoms with Crippen molar-refractivity contribution in [3.05, 3.63) is 29.8 Å². The van der Waals surface area contributed by atoms with Crippen molar-refractivity contribution in [3.8, 4) is 5.75 Å². The summed E-state index contributed by atoms with van der Waals surface area (Å²) in [6.45, 7) is 7.83. The fourth-order valence-corrected chi connectivity index (χ4v) is 5.11. The third-order valence-corrected chi connectivity index (χ3v) is 6.46. The van der Waals surface area contributed by atoms with Crippen LogP contribution in [0.2, 0.25) is 0 Å². The van der Waals surface area contributed by atoms with Crippen LogP contribution < -0.4 is 4.74 Å². The Morgan fingerprint density at radius 1 is 1.03 bits per heavy atom. The highest BCUT2D eigenvalue weighted by Gasteiger charge is 2.50. The van der Waals surface area contributed by atoms with Crippen molar-refractivity contribution in [1.82, 2.24) is 9.80 Å². The first kappa shape index (κ1) is 27.3. The second-order valence-corrected chi connectivity index (χ2v) is 8.81. The molecule has 1 saturated heterocycles. The molecule has 0 aromatic heterocycles. The highest BCUT2D eigenvalue weighted by Crippen LogP contribution is 2.49. The number of ether oxygens (including phenoxy) is 1. The lowest BCUT2D eigenvalue weighted by Gasteiger charge is -2.52. The van der Waals surface area contributed by atoms with Crippen molar-refractivity contribution in [2.75, 3.05) is 33.2 Å². The molecule has 2 fully saturated rings. The Morgan fingerprint density at radius 2 is 1.60 bits per heavy atom. The predicted octanol–water partition coefficient (Wildman–Crippen LogP) is 4.84. The first-order chi connectivity index (χ1) is 13.0.